The van der Waals surface area contributed by atoms with Crippen LogP contribution in [0.5, 0.6) is 5.75 Å². The van der Waals surface area contributed by atoms with Crippen molar-refractivity contribution in [2.75, 3.05) is 33.3 Å². The van der Waals surface area contributed by atoms with Crippen LogP contribution in [0.3, 0.4) is 0 Å². The maximum atomic E-state index is 13.9. The molecule has 0 atom stereocenters. The van der Waals surface area contributed by atoms with Crippen molar-refractivity contribution in [3.05, 3.63) is 66.4 Å². The van der Waals surface area contributed by atoms with Crippen molar-refractivity contribution >= 4 is 5.96 Å². The van der Waals surface area contributed by atoms with E-state index in [2.05, 4.69) is 27.1 Å². The Labute approximate surface area is 177 Å². The van der Waals surface area contributed by atoms with E-state index in [0.29, 0.717) is 19.1 Å². The van der Waals surface area contributed by atoms with Gasteiger partial charge in [-0.1, -0.05) is 12.1 Å². The van der Waals surface area contributed by atoms with Crippen LogP contribution in [0.2, 0.25) is 0 Å². The molecule has 1 aromatic heterocycles. The molecule has 0 saturated carbocycles. The lowest BCUT2D eigenvalue weighted by Gasteiger charge is -2.33. The smallest absolute Gasteiger partial charge is 0.191 e. The number of halogens is 1. The van der Waals surface area contributed by atoms with E-state index in [-0.39, 0.29) is 11.6 Å². The molecule has 2 aromatic rings. The zero-order chi connectivity index (χ0) is 21.2. The number of hydrogen-bond donors (Lipinski definition) is 2. The minimum absolute atomic E-state index is 0.285. The summed E-state index contributed by atoms with van der Waals surface area (Å²) in [5, 5.41) is 6.82. The number of rotatable bonds is 9. The summed E-state index contributed by atoms with van der Waals surface area (Å²) < 4.78 is 24.3. The van der Waals surface area contributed by atoms with Crippen LogP contribution in [0, 0.1) is 5.82 Å². The Hall–Kier alpha value is -2.80. The van der Waals surface area contributed by atoms with Crippen molar-refractivity contribution in [1.29, 1.82) is 0 Å². The molecule has 0 unspecified atom stereocenters. The molecule has 0 spiro atoms. The van der Waals surface area contributed by atoms with Gasteiger partial charge in [-0.3, -0.25) is 9.89 Å². The lowest BCUT2D eigenvalue weighted by atomic mass is 10.0. The molecule has 0 amide bonds. The van der Waals surface area contributed by atoms with Gasteiger partial charge in [-0.2, -0.15) is 0 Å². The first-order valence-electron chi connectivity index (χ1n) is 10.4. The third-order valence-corrected chi connectivity index (χ3v) is 5.17. The molecule has 0 aliphatic carbocycles. The Morgan fingerprint density at radius 1 is 1.37 bits per heavy atom. The fraction of sp³-hybridized carbons (Fsp3) is 0.435. The molecule has 3 rings (SSSR count). The van der Waals surface area contributed by atoms with E-state index >= 15 is 0 Å². The molecule has 0 radical (unpaired) electrons. The summed E-state index contributed by atoms with van der Waals surface area (Å²) >= 11 is 0. The van der Waals surface area contributed by atoms with E-state index in [1.807, 2.05) is 24.3 Å². The van der Waals surface area contributed by atoms with Crippen LogP contribution in [-0.4, -0.2) is 50.2 Å². The first kappa shape index (κ1) is 21.9. The quantitative estimate of drug-likeness (QED) is 0.374. The summed E-state index contributed by atoms with van der Waals surface area (Å²) in [4.78, 5) is 7.01. The van der Waals surface area contributed by atoms with Crippen LogP contribution in [-0.2, 0) is 13.0 Å². The summed E-state index contributed by atoms with van der Waals surface area (Å²) in [6.45, 7) is 7.73. The van der Waals surface area contributed by atoms with E-state index in [0.717, 1.165) is 56.2 Å². The highest BCUT2D eigenvalue weighted by Crippen LogP contribution is 2.20. The van der Waals surface area contributed by atoms with Crippen LogP contribution in [0.4, 0.5) is 4.39 Å². The van der Waals surface area contributed by atoms with Crippen LogP contribution in [0.15, 0.2) is 58.7 Å². The van der Waals surface area contributed by atoms with E-state index in [4.69, 9.17) is 9.15 Å². The number of guanidine groups is 1. The molecule has 1 aliphatic heterocycles. The molecule has 1 aliphatic rings. The molecule has 6 nitrogen and oxygen atoms in total. The van der Waals surface area contributed by atoms with Gasteiger partial charge in [0, 0.05) is 45.2 Å². The van der Waals surface area contributed by atoms with Crippen molar-refractivity contribution in [2.45, 2.75) is 31.8 Å². The van der Waals surface area contributed by atoms with E-state index in [1.165, 1.54) is 7.11 Å². The molecule has 162 valence electrons. The fourth-order valence-corrected chi connectivity index (χ4v) is 3.55. The SMILES string of the molecule is C=CCNC(=NCCc1ccco1)NC1CCN(Cc2ccc(OC)c(F)c2)CC1. The molecular formula is C23H31FN4O2. The standard InChI is InChI=1S/C23H31FN4O2/c1-3-11-25-23(26-12-8-20-5-4-15-30-20)27-19-9-13-28(14-10-19)17-18-6-7-22(29-2)21(24)16-18/h3-7,15-16,19H,1,8-14,17H2,2H3,(H2,25,26,27). The van der Waals surface area contributed by atoms with Crippen molar-refractivity contribution in [3.63, 3.8) is 0 Å². The summed E-state index contributed by atoms with van der Waals surface area (Å²) in [5.41, 5.74) is 0.965. The monoisotopic (exact) mass is 414 g/mol. The highest BCUT2D eigenvalue weighted by Gasteiger charge is 2.20. The maximum absolute atomic E-state index is 13.9. The minimum atomic E-state index is -0.310. The lowest BCUT2D eigenvalue weighted by Crippen LogP contribution is -2.48. The van der Waals surface area contributed by atoms with Crippen molar-refractivity contribution < 1.29 is 13.5 Å². The molecule has 0 bridgehead atoms. The number of ether oxygens (including phenoxy) is 1. The number of hydrogen-bond acceptors (Lipinski definition) is 4. The van der Waals surface area contributed by atoms with Gasteiger partial charge >= 0.3 is 0 Å². The molecule has 7 heteroatoms. The third-order valence-electron chi connectivity index (χ3n) is 5.17. The van der Waals surface area contributed by atoms with Gasteiger partial charge in [0.1, 0.15) is 5.76 Å². The Bertz CT molecular complexity index is 815. The van der Waals surface area contributed by atoms with Gasteiger partial charge in [-0.05, 0) is 42.7 Å². The van der Waals surface area contributed by atoms with Crippen molar-refractivity contribution in [2.24, 2.45) is 4.99 Å². The summed E-state index contributed by atoms with van der Waals surface area (Å²) in [6.07, 6.45) is 6.28. The molecule has 2 heterocycles. The van der Waals surface area contributed by atoms with Crippen LogP contribution < -0.4 is 15.4 Å². The molecule has 1 aromatic carbocycles. The maximum Gasteiger partial charge on any atom is 0.191 e. The van der Waals surface area contributed by atoms with Gasteiger partial charge in [0.15, 0.2) is 17.5 Å². The molecular weight excluding hydrogens is 383 g/mol. The van der Waals surface area contributed by atoms with E-state index < -0.39 is 0 Å². The average molecular weight is 415 g/mol. The Morgan fingerprint density at radius 3 is 2.87 bits per heavy atom. The largest absolute Gasteiger partial charge is 0.494 e. The molecule has 1 fully saturated rings. The highest BCUT2D eigenvalue weighted by molar-refractivity contribution is 5.80. The van der Waals surface area contributed by atoms with Gasteiger partial charge in [0.25, 0.3) is 0 Å². The van der Waals surface area contributed by atoms with E-state index in [9.17, 15) is 4.39 Å². The normalized spacial score (nSPS) is 15.7. The summed E-state index contributed by atoms with van der Waals surface area (Å²) in [5.74, 6) is 1.71. The Balaban J connectivity index is 1.47. The number of nitrogens with one attached hydrogen (secondary N) is 2. The second kappa shape index (κ2) is 11.4. The van der Waals surface area contributed by atoms with Crippen LogP contribution >= 0.6 is 0 Å². The number of benzene rings is 1. The van der Waals surface area contributed by atoms with Crippen molar-refractivity contribution in [1.82, 2.24) is 15.5 Å². The second-order valence-electron chi connectivity index (χ2n) is 7.39. The topological polar surface area (TPSA) is 62.0 Å². The number of likely N-dealkylation sites (tertiary alicyclic amines) is 1. The molecule has 2 N–H and O–H groups in total. The first-order chi connectivity index (χ1) is 14.7. The number of piperidine rings is 1. The zero-order valence-corrected chi connectivity index (χ0v) is 17.6. The van der Waals surface area contributed by atoms with E-state index in [1.54, 1.807) is 18.4 Å². The predicted molar refractivity (Wildman–Crippen MR) is 117 cm³/mol. The van der Waals surface area contributed by atoms with Gasteiger partial charge in [-0.25, -0.2) is 4.39 Å². The predicted octanol–water partition coefficient (Wildman–Crippen LogP) is 3.36. The number of furan rings is 1. The van der Waals surface area contributed by atoms with Gasteiger partial charge in [-0.15, -0.1) is 6.58 Å². The van der Waals surface area contributed by atoms with Gasteiger partial charge in [0.05, 0.1) is 13.4 Å². The minimum Gasteiger partial charge on any atom is -0.494 e. The number of methoxy groups -OCH3 is 1. The fourth-order valence-electron chi connectivity index (χ4n) is 3.55. The highest BCUT2D eigenvalue weighted by atomic mass is 19.1. The Kier molecular flexibility index (Phi) is 8.32. The van der Waals surface area contributed by atoms with Gasteiger partial charge in [0.2, 0.25) is 0 Å². The first-order valence-corrected chi connectivity index (χ1v) is 10.4. The van der Waals surface area contributed by atoms with Crippen molar-refractivity contribution in [3.8, 4) is 5.75 Å². The van der Waals surface area contributed by atoms with Gasteiger partial charge < -0.3 is 19.8 Å². The average Bonchev–Trinajstić information content (AvgIpc) is 3.27. The number of aliphatic imine (C=N–C) groups is 1. The lowest BCUT2D eigenvalue weighted by molar-refractivity contribution is 0.198. The van der Waals surface area contributed by atoms with Crippen LogP contribution in [0.1, 0.15) is 24.2 Å². The zero-order valence-electron chi connectivity index (χ0n) is 17.6. The third kappa shape index (κ3) is 6.62. The summed E-state index contributed by atoms with van der Waals surface area (Å²) in [7, 11) is 1.48. The number of nitrogens with zero attached hydrogens (tertiary/aromatic N) is 2. The van der Waals surface area contributed by atoms with Crippen LogP contribution in [0.25, 0.3) is 0 Å². The molecule has 30 heavy (non-hydrogen) atoms. The second-order valence-corrected chi connectivity index (χ2v) is 7.39. The molecule has 1 saturated heterocycles. The Morgan fingerprint density at radius 2 is 2.20 bits per heavy atom. The summed E-state index contributed by atoms with van der Waals surface area (Å²) in [6, 6.07) is 9.39.